The normalized spacial score (nSPS) is 22.5. The fourth-order valence-electron chi connectivity index (χ4n) is 4.24. The van der Waals surface area contributed by atoms with Crippen LogP contribution in [0.4, 0.5) is 18.9 Å². The van der Waals surface area contributed by atoms with Gasteiger partial charge in [-0.1, -0.05) is 24.3 Å². The van der Waals surface area contributed by atoms with Crippen molar-refractivity contribution < 1.29 is 27.5 Å². The lowest BCUT2D eigenvalue weighted by Crippen LogP contribution is -2.35. The van der Waals surface area contributed by atoms with Gasteiger partial charge in [-0.15, -0.1) is 13.2 Å². The number of carbonyl (C=O) groups excluding carboxylic acids is 2. The number of halogens is 3. The van der Waals surface area contributed by atoms with Crippen molar-refractivity contribution in [2.45, 2.75) is 6.36 Å². The Morgan fingerprint density at radius 3 is 2.42 bits per heavy atom. The van der Waals surface area contributed by atoms with Crippen molar-refractivity contribution in [3.8, 4) is 5.75 Å². The number of anilines is 1. The molecular weight excluding hydrogens is 411 g/mol. The third kappa shape index (κ3) is 5.55. The van der Waals surface area contributed by atoms with Gasteiger partial charge in [0.2, 0.25) is 5.91 Å². The van der Waals surface area contributed by atoms with Gasteiger partial charge >= 0.3 is 6.36 Å². The summed E-state index contributed by atoms with van der Waals surface area (Å²) in [6.07, 6.45) is -4.80. The summed E-state index contributed by atoms with van der Waals surface area (Å²) in [5.41, 5.74) is 0.883. The van der Waals surface area contributed by atoms with Crippen molar-refractivity contribution in [1.29, 1.82) is 0 Å². The summed E-state index contributed by atoms with van der Waals surface area (Å²) in [5.74, 6) is 0.254. The monoisotopic (exact) mass is 433 g/mol. The van der Waals surface area contributed by atoms with Crippen LogP contribution in [0.5, 0.6) is 5.75 Å². The number of amides is 2. The second kappa shape index (κ2) is 8.58. The molecule has 31 heavy (non-hydrogen) atoms. The third-order valence-electron chi connectivity index (χ3n) is 5.70. The number of piperidine rings is 1. The van der Waals surface area contributed by atoms with Crippen molar-refractivity contribution in [1.82, 2.24) is 10.2 Å². The lowest BCUT2D eigenvalue weighted by Gasteiger charge is -2.19. The number of likely N-dealkylation sites (tertiary alicyclic amines) is 1. The molecule has 9 heteroatoms. The first-order chi connectivity index (χ1) is 14.8. The average Bonchev–Trinajstić information content (AvgIpc) is 3.16. The van der Waals surface area contributed by atoms with E-state index in [-0.39, 0.29) is 11.5 Å². The fraction of sp³-hybridized carbons (Fsp3) is 0.364. The van der Waals surface area contributed by atoms with Crippen LogP contribution in [0.25, 0.3) is 0 Å². The number of ether oxygens (including phenoxy) is 1. The Morgan fingerprint density at radius 2 is 1.74 bits per heavy atom. The molecule has 2 unspecified atom stereocenters. The van der Waals surface area contributed by atoms with Crippen molar-refractivity contribution in [2.75, 3.05) is 31.5 Å². The summed E-state index contributed by atoms with van der Waals surface area (Å²) in [5, 5.41) is 5.66. The molecule has 0 bridgehead atoms. The minimum Gasteiger partial charge on any atom is -0.406 e. The number of fused-ring (bicyclic) bond motifs is 1. The Kier molecular flexibility index (Phi) is 5.86. The molecule has 2 atom stereocenters. The van der Waals surface area contributed by atoms with Crippen LogP contribution >= 0.6 is 0 Å². The van der Waals surface area contributed by atoms with Crippen LogP contribution in [0.2, 0.25) is 0 Å². The Morgan fingerprint density at radius 1 is 1.03 bits per heavy atom. The SMILES string of the molecule is O=C(CN1CC2C(CNC(=O)c3cccc(OC(F)(F)F)c3)C2C1)Nc1ccccc1. The average molecular weight is 433 g/mol. The predicted octanol–water partition coefficient (Wildman–Crippen LogP) is 3.13. The molecule has 2 amide bonds. The molecule has 2 aromatic rings. The summed E-state index contributed by atoms with van der Waals surface area (Å²) in [4.78, 5) is 26.6. The number of hydrogen-bond donors (Lipinski definition) is 2. The first-order valence-corrected chi connectivity index (χ1v) is 10.00. The van der Waals surface area contributed by atoms with Crippen molar-refractivity contribution in [3.63, 3.8) is 0 Å². The van der Waals surface area contributed by atoms with Crippen LogP contribution in [0, 0.1) is 17.8 Å². The number of alkyl halides is 3. The molecule has 2 aliphatic rings. The Bertz CT molecular complexity index is 940. The first-order valence-electron chi connectivity index (χ1n) is 10.00. The molecule has 0 spiro atoms. The van der Waals surface area contributed by atoms with Crippen molar-refractivity contribution >= 4 is 17.5 Å². The molecule has 2 N–H and O–H groups in total. The highest BCUT2D eigenvalue weighted by Gasteiger charge is 2.55. The van der Waals surface area contributed by atoms with Gasteiger partial charge in [0.15, 0.2) is 0 Å². The molecule has 1 aliphatic heterocycles. The van der Waals surface area contributed by atoms with E-state index in [0.29, 0.717) is 30.8 Å². The molecular formula is C22H22F3N3O3. The number of nitrogens with zero attached hydrogens (tertiary/aromatic N) is 1. The number of para-hydroxylation sites is 1. The number of nitrogens with one attached hydrogen (secondary N) is 2. The maximum atomic E-state index is 12.3. The Balaban J connectivity index is 1.19. The van der Waals surface area contributed by atoms with Gasteiger partial charge in [0.25, 0.3) is 5.91 Å². The van der Waals surface area contributed by atoms with Crippen LogP contribution in [0.3, 0.4) is 0 Å². The largest absolute Gasteiger partial charge is 0.573 e. The van der Waals surface area contributed by atoms with E-state index in [0.717, 1.165) is 30.9 Å². The van der Waals surface area contributed by atoms with E-state index in [9.17, 15) is 22.8 Å². The third-order valence-corrected chi connectivity index (χ3v) is 5.70. The van der Waals surface area contributed by atoms with Gasteiger partial charge in [0.05, 0.1) is 6.54 Å². The van der Waals surface area contributed by atoms with E-state index in [1.54, 1.807) is 0 Å². The number of benzene rings is 2. The van der Waals surface area contributed by atoms with Gasteiger partial charge < -0.3 is 15.4 Å². The zero-order chi connectivity index (χ0) is 22.0. The molecule has 1 saturated carbocycles. The molecule has 0 aromatic heterocycles. The summed E-state index contributed by atoms with van der Waals surface area (Å²) >= 11 is 0. The molecule has 2 aromatic carbocycles. The van der Waals surface area contributed by atoms with Crippen molar-refractivity contribution in [3.05, 3.63) is 60.2 Å². The van der Waals surface area contributed by atoms with E-state index in [1.165, 1.54) is 12.1 Å². The van der Waals surface area contributed by atoms with Crippen LogP contribution < -0.4 is 15.4 Å². The van der Waals surface area contributed by atoms with Crippen LogP contribution in [0.1, 0.15) is 10.4 Å². The minimum atomic E-state index is -4.80. The molecule has 2 fully saturated rings. The topological polar surface area (TPSA) is 70.7 Å². The summed E-state index contributed by atoms with van der Waals surface area (Å²) in [6, 6.07) is 14.3. The van der Waals surface area contributed by atoms with Gasteiger partial charge in [-0.2, -0.15) is 0 Å². The minimum absolute atomic E-state index is 0.0571. The maximum absolute atomic E-state index is 12.3. The zero-order valence-electron chi connectivity index (χ0n) is 16.6. The highest BCUT2D eigenvalue weighted by molar-refractivity contribution is 5.94. The van der Waals surface area contributed by atoms with E-state index >= 15 is 0 Å². The number of carbonyl (C=O) groups is 2. The molecule has 1 heterocycles. The number of rotatable bonds is 7. The Labute approximate surface area is 177 Å². The quantitative estimate of drug-likeness (QED) is 0.704. The fourth-order valence-corrected chi connectivity index (χ4v) is 4.24. The van der Waals surface area contributed by atoms with Gasteiger partial charge in [-0.05, 0) is 48.1 Å². The second-order valence-electron chi connectivity index (χ2n) is 7.89. The van der Waals surface area contributed by atoms with Gasteiger partial charge in [0, 0.05) is 30.9 Å². The highest BCUT2D eigenvalue weighted by Crippen LogP contribution is 2.51. The molecule has 1 aliphatic carbocycles. The smallest absolute Gasteiger partial charge is 0.406 e. The standard InChI is InChI=1S/C22H22F3N3O3/c23-22(24,25)31-16-8-4-5-14(9-16)21(30)26-10-17-18-11-28(12-19(17)18)13-20(29)27-15-6-2-1-3-7-15/h1-9,17-19H,10-13H2,(H,26,30)(H,27,29). The van der Waals surface area contributed by atoms with E-state index in [4.69, 9.17) is 0 Å². The second-order valence-corrected chi connectivity index (χ2v) is 7.89. The predicted molar refractivity (Wildman–Crippen MR) is 107 cm³/mol. The molecule has 1 saturated heterocycles. The van der Waals surface area contributed by atoms with Crippen molar-refractivity contribution in [2.24, 2.45) is 17.8 Å². The maximum Gasteiger partial charge on any atom is 0.573 e. The Hall–Kier alpha value is -3.07. The molecule has 6 nitrogen and oxygen atoms in total. The molecule has 164 valence electrons. The number of hydrogen-bond acceptors (Lipinski definition) is 4. The van der Waals surface area contributed by atoms with E-state index < -0.39 is 18.0 Å². The van der Waals surface area contributed by atoms with E-state index in [2.05, 4.69) is 20.3 Å². The summed E-state index contributed by atoms with van der Waals surface area (Å²) in [7, 11) is 0. The molecule has 4 rings (SSSR count). The molecule has 0 radical (unpaired) electrons. The van der Waals surface area contributed by atoms with Crippen LogP contribution in [-0.4, -0.2) is 49.3 Å². The van der Waals surface area contributed by atoms with E-state index in [1.807, 2.05) is 30.3 Å². The summed E-state index contributed by atoms with van der Waals surface area (Å²) < 4.78 is 40.9. The highest BCUT2D eigenvalue weighted by atomic mass is 19.4. The lowest BCUT2D eigenvalue weighted by atomic mass is 10.2. The zero-order valence-corrected chi connectivity index (χ0v) is 16.6. The van der Waals surface area contributed by atoms with Gasteiger partial charge in [-0.3, -0.25) is 14.5 Å². The van der Waals surface area contributed by atoms with Gasteiger partial charge in [0.1, 0.15) is 5.75 Å². The summed E-state index contributed by atoms with van der Waals surface area (Å²) in [6.45, 7) is 2.38. The lowest BCUT2D eigenvalue weighted by molar-refractivity contribution is -0.274. The first kappa shape index (κ1) is 21.2. The van der Waals surface area contributed by atoms with Crippen LogP contribution in [0.15, 0.2) is 54.6 Å². The van der Waals surface area contributed by atoms with Gasteiger partial charge in [-0.25, -0.2) is 0 Å². The van der Waals surface area contributed by atoms with Crippen LogP contribution in [-0.2, 0) is 4.79 Å².